The van der Waals surface area contributed by atoms with Crippen LogP contribution in [-0.2, 0) is 10.4 Å². The van der Waals surface area contributed by atoms with Crippen LogP contribution in [0.2, 0.25) is 0 Å². The summed E-state index contributed by atoms with van der Waals surface area (Å²) in [5, 5.41) is -2.62. The van der Waals surface area contributed by atoms with Crippen molar-refractivity contribution in [3.05, 3.63) is 0 Å². The first-order valence-electron chi connectivity index (χ1n) is 4.88. The summed E-state index contributed by atoms with van der Waals surface area (Å²) in [6, 6.07) is 0. The summed E-state index contributed by atoms with van der Waals surface area (Å²) in [5.41, 5.74) is 0. The van der Waals surface area contributed by atoms with Crippen LogP contribution in [0.5, 0.6) is 0 Å². The topological polar surface area (TPSA) is 106 Å². The Hall–Kier alpha value is 1.35. The van der Waals surface area contributed by atoms with Gasteiger partial charge in [0.25, 0.3) is 0 Å². The van der Waals surface area contributed by atoms with E-state index in [1.165, 1.54) is 0 Å². The highest BCUT2D eigenvalue weighted by atomic mass is 35.5. The lowest BCUT2D eigenvalue weighted by Crippen LogP contribution is -2.52. The minimum absolute atomic E-state index is 0. The quantitative estimate of drug-likeness (QED) is 0.233. The van der Waals surface area contributed by atoms with Crippen LogP contribution in [0.1, 0.15) is 0 Å². The Kier molecular flexibility index (Phi) is 15.0. The van der Waals surface area contributed by atoms with Crippen LogP contribution in [0.4, 0.5) is 17.3 Å². The maximum absolute atomic E-state index is 9.75. The van der Waals surface area contributed by atoms with Crippen LogP contribution in [-0.4, -0.2) is 62.5 Å². The Morgan fingerprint density at radius 2 is 0.696 bits per heavy atom. The van der Waals surface area contributed by atoms with Gasteiger partial charge in [-0.3, -0.25) is 9.11 Å². The lowest BCUT2D eigenvalue weighted by molar-refractivity contribution is 0.368. The van der Waals surface area contributed by atoms with E-state index in [4.69, 9.17) is 87.1 Å². The number of alkyl halides is 6. The largest absolute Gasteiger partial charge is 0.673 e. The van der Waals surface area contributed by atoms with E-state index in [2.05, 4.69) is 0 Å². The van der Waals surface area contributed by atoms with Crippen molar-refractivity contribution in [2.45, 2.75) is 32.3 Å². The van der Waals surface area contributed by atoms with Crippen LogP contribution in [0.3, 0.4) is 0 Å². The summed E-state index contributed by atoms with van der Waals surface area (Å²) in [4.78, 5) is 0. The Balaban J connectivity index is -0.000000307. The fraction of sp³-hybridized carbons (Fsp3) is 1.00. The van der Waals surface area contributed by atoms with E-state index >= 15 is 0 Å². The van der Waals surface area contributed by atoms with E-state index in [0.29, 0.717) is 0 Å². The van der Waals surface area contributed by atoms with Crippen LogP contribution >= 0.6 is 69.6 Å². The second-order valence-electron chi connectivity index (χ2n) is 3.61. The summed E-state index contributed by atoms with van der Waals surface area (Å²) in [6.45, 7) is 0. The van der Waals surface area contributed by atoms with Crippen LogP contribution in [0, 0.1) is 0 Å². The van der Waals surface area contributed by atoms with Gasteiger partial charge in [0.15, 0.2) is 0 Å². The molecule has 23 heavy (non-hydrogen) atoms. The fourth-order valence-electron chi connectivity index (χ4n) is 1.05. The third-order valence-corrected chi connectivity index (χ3v) is 5.86. The van der Waals surface area contributed by atoms with Gasteiger partial charge in [-0.15, -0.1) is 69.6 Å². The third kappa shape index (κ3) is 16.6. The molecule has 1 fully saturated rings. The van der Waals surface area contributed by atoms with E-state index in [-0.39, 0.29) is 5.48 Å². The van der Waals surface area contributed by atoms with Gasteiger partial charge in [0.1, 0.15) is 0 Å². The monoisotopic (exact) mass is 491 g/mol. The molecule has 0 aromatic carbocycles. The molecule has 0 radical (unpaired) electrons. The zero-order chi connectivity index (χ0) is 18.5. The minimum atomic E-state index is -6.00. The maximum Gasteiger partial charge on any atom is 0.673 e. The predicted octanol–water partition coefficient (Wildman–Crippen LogP) is 3.47. The normalized spacial score (nSPS) is 34.1. The van der Waals surface area contributed by atoms with Gasteiger partial charge in [0.05, 0.1) is 32.3 Å². The molecule has 5 nitrogen and oxygen atoms in total. The van der Waals surface area contributed by atoms with Crippen LogP contribution < -0.4 is 0 Å². The fourth-order valence-corrected chi connectivity index (χ4v) is 3.38. The molecule has 0 aliphatic heterocycles. The van der Waals surface area contributed by atoms with E-state index in [9.17, 15) is 17.3 Å². The lowest BCUT2D eigenvalue weighted by atomic mass is 9.97. The number of rotatable bonds is 0. The molecule has 1 saturated carbocycles. The smallest absolute Gasteiger partial charge is 0.418 e. The molecule has 0 unspecified atom stereocenters. The standard InChI is InChI=1S/C6H6Cl6.BF4.H2O4S.H2O/c7-1-2(8)4(10)6(12)5(11)3(1)9;2-1(3,4)5;1-5(2,3)4;/h1-6H;;(H2,1,2,3,4);1H2/q;-1;;. The van der Waals surface area contributed by atoms with Gasteiger partial charge in [-0.2, -0.15) is 8.42 Å². The number of hydrogen-bond donors (Lipinski definition) is 2. The SMILES string of the molecule is ClC1C(Cl)C(Cl)C(Cl)C(Cl)C1Cl.F[B-](F)(F)F.O.O=S(=O)(O)O. The van der Waals surface area contributed by atoms with Gasteiger partial charge in [0.2, 0.25) is 0 Å². The molecule has 0 amide bonds. The third-order valence-electron chi connectivity index (χ3n) is 1.83. The highest BCUT2D eigenvalue weighted by molar-refractivity contribution is 7.79. The molecule has 0 aromatic heterocycles. The molecule has 0 bridgehead atoms. The maximum atomic E-state index is 9.75. The Morgan fingerprint density at radius 3 is 0.739 bits per heavy atom. The molecule has 17 heteroatoms. The van der Waals surface area contributed by atoms with E-state index < -0.39 is 49.9 Å². The predicted molar refractivity (Wildman–Crippen MR) is 85.8 cm³/mol. The molecule has 0 spiro atoms. The van der Waals surface area contributed by atoms with Crippen LogP contribution in [0.15, 0.2) is 0 Å². The van der Waals surface area contributed by atoms with Crippen molar-refractivity contribution in [1.29, 1.82) is 0 Å². The van der Waals surface area contributed by atoms with Gasteiger partial charge in [-0.05, 0) is 0 Å². The molecule has 0 heterocycles. The summed E-state index contributed by atoms with van der Waals surface area (Å²) < 4.78 is 70.6. The zero-order valence-corrected chi connectivity index (χ0v) is 15.8. The summed E-state index contributed by atoms with van der Waals surface area (Å²) in [7, 11) is -10.7. The average molecular weight is 494 g/mol. The molecule has 0 atom stereocenters. The summed E-state index contributed by atoms with van der Waals surface area (Å²) >= 11 is 35.3. The van der Waals surface area contributed by atoms with Crippen molar-refractivity contribution in [3.63, 3.8) is 0 Å². The first kappa shape index (κ1) is 29.1. The number of halogens is 10. The van der Waals surface area contributed by atoms with Gasteiger partial charge in [-0.25, -0.2) is 0 Å². The van der Waals surface area contributed by atoms with Gasteiger partial charge in [-0.1, -0.05) is 0 Å². The molecular weight excluding hydrogens is 484 g/mol. The van der Waals surface area contributed by atoms with E-state index in [1.807, 2.05) is 0 Å². The second-order valence-corrected chi connectivity index (χ2v) is 7.53. The second kappa shape index (κ2) is 11.9. The van der Waals surface area contributed by atoms with Gasteiger partial charge >= 0.3 is 17.7 Å². The van der Waals surface area contributed by atoms with Crippen LogP contribution in [0.25, 0.3) is 0 Å². The van der Waals surface area contributed by atoms with Crippen molar-refractivity contribution >= 4 is 87.3 Å². The molecular formula is C6H10BCl6F4O5S-. The highest BCUT2D eigenvalue weighted by Gasteiger charge is 2.46. The zero-order valence-electron chi connectivity index (χ0n) is 10.4. The Morgan fingerprint density at radius 1 is 0.652 bits per heavy atom. The van der Waals surface area contributed by atoms with Crippen molar-refractivity contribution in [1.82, 2.24) is 0 Å². The molecule has 1 aliphatic carbocycles. The number of hydrogen-bond acceptors (Lipinski definition) is 2. The minimum Gasteiger partial charge on any atom is -0.418 e. The molecule has 1 rings (SSSR count). The Bertz CT molecular complexity index is 358. The summed E-state index contributed by atoms with van der Waals surface area (Å²) in [5.74, 6) is 0. The highest BCUT2D eigenvalue weighted by Crippen LogP contribution is 2.39. The lowest BCUT2D eigenvalue weighted by Gasteiger charge is -2.37. The van der Waals surface area contributed by atoms with E-state index in [0.717, 1.165) is 0 Å². The first-order valence-corrected chi connectivity index (χ1v) is 8.90. The van der Waals surface area contributed by atoms with Gasteiger partial charge < -0.3 is 22.7 Å². The Labute approximate surface area is 159 Å². The molecule has 144 valence electrons. The first-order chi connectivity index (χ1) is 9.46. The molecule has 0 saturated heterocycles. The molecule has 0 aromatic rings. The van der Waals surface area contributed by atoms with Gasteiger partial charge in [0, 0.05) is 0 Å². The summed E-state index contributed by atoms with van der Waals surface area (Å²) in [6.07, 6.45) is 0. The molecule has 4 N–H and O–H groups in total. The van der Waals surface area contributed by atoms with Crippen molar-refractivity contribution < 1.29 is 40.3 Å². The van der Waals surface area contributed by atoms with Crippen molar-refractivity contribution in [2.24, 2.45) is 0 Å². The average Bonchev–Trinajstić information content (AvgIpc) is 2.27. The van der Waals surface area contributed by atoms with E-state index in [1.54, 1.807) is 0 Å². The molecule has 1 aliphatic rings. The van der Waals surface area contributed by atoms with Crippen molar-refractivity contribution in [3.8, 4) is 0 Å². The van der Waals surface area contributed by atoms with Crippen molar-refractivity contribution in [2.75, 3.05) is 0 Å².